The molecule has 13 rings (SSSR count). The lowest BCUT2D eigenvalue weighted by Gasteiger charge is -2.06. The summed E-state index contributed by atoms with van der Waals surface area (Å²) in [5, 5.41) is 31.5. The smallest absolute Gasteiger partial charge is 0.335 e. The first-order chi connectivity index (χ1) is 42.4. The van der Waals surface area contributed by atoms with Crippen molar-refractivity contribution in [3.8, 4) is 45.4 Å². The highest BCUT2D eigenvalue weighted by atomic mass is 16.5. The first kappa shape index (κ1) is 59.7. The van der Waals surface area contributed by atoms with E-state index in [-0.39, 0.29) is 11.1 Å². The van der Waals surface area contributed by atoms with Crippen LogP contribution in [0.15, 0.2) is 218 Å². The molecule has 0 radical (unpaired) electrons. The zero-order valence-corrected chi connectivity index (χ0v) is 48.7. The van der Waals surface area contributed by atoms with Gasteiger partial charge >= 0.3 is 11.9 Å². The summed E-state index contributed by atoms with van der Waals surface area (Å²) in [7, 11) is 0. The number of nitrogens with one attached hydrogen (secondary N) is 1. The summed E-state index contributed by atoms with van der Waals surface area (Å²) in [5.41, 5.74) is 26.8. The van der Waals surface area contributed by atoms with Gasteiger partial charge in [-0.05, 0) is 163 Å². The van der Waals surface area contributed by atoms with Crippen LogP contribution in [0.25, 0.3) is 89.6 Å². The summed E-state index contributed by atoms with van der Waals surface area (Å²) in [6, 6.07) is 61.3. The van der Waals surface area contributed by atoms with E-state index in [9.17, 15) is 19.2 Å². The van der Waals surface area contributed by atoms with E-state index in [0.29, 0.717) is 51.6 Å². The average molecular weight is 1170 g/mol. The Balaban J connectivity index is 0.000000131. The number of hydrogen-bond donors (Lipinski definition) is 5. The van der Waals surface area contributed by atoms with Crippen LogP contribution in [0.2, 0.25) is 0 Å². The van der Waals surface area contributed by atoms with Gasteiger partial charge in [-0.15, -0.1) is 0 Å². The molecule has 0 saturated carbocycles. The molecule has 0 aliphatic carbocycles. The Bertz CT molecular complexity index is 4640. The molecule has 0 atom stereocenters. The highest BCUT2D eigenvalue weighted by molar-refractivity contribution is 5.97. The van der Waals surface area contributed by atoms with Gasteiger partial charge in [-0.25, -0.2) is 19.6 Å². The molecule has 13 aromatic rings. The molecule has 0 unspecified atom stereocenters. The first-order valence-electron chi connectivity index (χ1n) is 28.3. The third-order valence-electron chi connectivity index (χ3n) is 14.4. The van der Waals surface area contributed by atoms with Gasteiger partial charge in [0.1, 0.15) is 22.4 Å². The maximum absolute atomic E-state index is 11.4. The van der Waals surface area contributed by atoms with Crippen molar-refractivity contribution >= 4 is 73.6 Å². The van der Waals surface area contributed by atoms with Crippen LogP contribution in [-0.4, -0.2) is 60.8 Å². The van der Waals surface area contributed by atoms with Crippen molar-refractivity contribution in [3.63, 3.8) is 0 Å². The maximum Gasteiger partial charge on any atom is 0.335 e. The van der Waals surface area contributed by atoms with E-state index in [1.54, 1.807) is 84.9 Å². The van der Waals surface area contributed by atoms with Crippen LogP contribution < -0.4 is 16.8 Å². The van der Waals surface area contributed by atoms with E-state index in [0.717, 1.165) is 85.1 Å². The highest BCUT2D eigenvalue weighted by Gasteiger charge is 2.17. The number of carbonyl (C=O) groups excluding carboxylic acids is 2. The predicted octanol–water partition coefficient (Wildman–Crippen LogP) is 15.8. The number of oxazole rings is 2. The van der Waals surface area contributed by atoms with Crippen molar-refractivity contribution in [2.45, 2.75) is 52.9 Å². The van der Waals surface area contributed by atoms with Gasteiger partial charge in [-0.1, -0.05) is 117 Å². The number of aromatic carboxylic acids is 2. The van der Waals surface area contributed by atoms with Crippen LogP contribution in [0, 0.1) is 6.92 Å². The first-order valence-corrected chi connectivity index (χ1v) is 28.3. The van der Waals surface area contributed by atoms with E-state index in [4.69, 9.17) is 39.6 Å². The van der Waals surface area contributed by atoms with Gasteiger partial charge < -0.3 is 44.9 Å². The van der Waals surface area contributed by atoms with Crippen LogP contribution in [0.5, 0.6) is 0 Å². The number of aryl methyl sites for hydroxylation is 1. The number of primary amides is 2. The fourth-order valence-corrected chi connectivity index (χ4v) is 9.51. The van der Waals surface area contributed by atoms with Gasteiger partial charge in [-0.2, -0.15) is 0 Å². The van der Waals surface area contributed by atoms with Crippen molar-refractivity contribution in [2.75, 3.05) is 11.9 Å². The van der Waals surface area contributed by atoms with Crippen molar-refractivity contribution in [1.82, 2.24) is 20.3 Å². The number of carboxylic acid groups (broad SMARTS) is 2. The van der Waals surface area contributed by atoms with E-state index in [1.165, 1.54) is 16.7 Å². The third kappa shape index (κ3) is 14.2. The average Bonchev–Trinajstić information content (AvgIpc) is 2.11. The number of carbonyl (C=O) groups is 4. The second-order valence-corrected chi connectivity index (χ2v) is 21.4. The number of amides is 2. The topological polar surface area (TPSA) is 277 Å². The second-order valence-electron chi connectivity index (χ2n) is 21.4. The lowest BCUT2D eigenvalue weighted by atomic mass is 9.99. The molecule has 88 heavy (non-hydrogen) atoms. The number of rotatable bonds is 14. The zero-order chi connectivity index (χ0) is 62.0. The number of hydrogen-bond acceptors (Lipinski definition) is 13. The molecule has 4 aromatic heterocycles. The minimum absolute atomic E-state index is 0.240. The molecular formula is C71H61N7O10. The number of fused-ring (bicyclic) bond motifs is 4. The standard InChI is InChI=1S/C22H19N3O2.2C17H15NO3.C15H12N2O2/c23-21(26)16-7-4-8-17(13-16)22-25-19-10-9-18(14-20(19)27-22)24-12-11-15-5-2-1-3-6-15;1-10(2)13-7-8-15-14(9-13)16(18-21-15)11-3-5-12(6-4-11)17(19)20;1-10(2)11-6-7-15-14(9-11)16(18-21-15)12-4-3-5-13(8-12)17(19)20;1-9-2-7-12-13(8-9)19-15(17-12)11-5-3-10(4-6-11)14(16)18/h1-10,13-14,24H,11-12H2,(H2,23,26);2*3-10H,1-2H3,(H,19,20);2-8H,1H3,(H2,16,18). The Labute approximate surface area is 505 Å². The van der Waals surface area contributed by atoms with Gasteiger partial charge in [0.2, 0.25) is 23.6 Å². The molecular weight excluding hydrogens is 1110 g/mol. The number of nitrogens with two attached hydrogens (primary N) is 2. The van der Waals surface area contributed by atoms with Gasteiger partial charge in [0, 0.05) is 62.5 Å². The fourth-order valence-electron chi connectivity index (χ4n) is 9.51. The molecule has 0 saturated heterocycles. The van der Waals surface area contributed by atoms with E-state index in [2.05, 4.69) is 77.6 Å². The van der Waals surface area contributed by atoms with Gasteiger partial charge in [0.25, 0.3) is 0 Å². The summed E-state index contributed by atoms with van der Waals surface area (Å²) in [6.07, 6.45) is 0.945. The molecule has 0 aliphatic rings. The maximum atomic E-state index is 11.4. The Kier molecular flexibility index (Phi) is 18.1. The summed E-state index contributed by atoms with van der Waals surface area (Å²) < 4.78 is 22.3. The monoisotopic (exact) mass is 1170 g/mol. The number of benzene rings is 9. The summed E-state index contributed by atoms with van der Waals surface area (Å²) >= 11 is 0. The summed E-state index contributed by atoms with van der Waals surface area (Å²) in [4.78, 5) is 53.3. The summed E-state index contributed by atoms with van der Waals surface area (Å²) in [5.74, 6) is -0.973. The number of anilines is 1. The molecule has 0 bridgehead atoms. The molecule has 9 aromatic carbocycles. The van der Waals surface area contributed by atoms with E-state index >= 15 is 0 Å². The quantitative estimate of drug-likeness (QED) is 0.0677. The van der Waals surface area contributed by atoms with E-state index in [1.807, 2.05) is 97.9 Å². The molecule has 4 heterocycles. The van der Waals surface area contributed by atoms with Crippen molar-refractivity contribution < 1.29 is 47.3 Å². The van der Waals surface area contributed by atoms with Crippen LogP contribution >= 0.6 is 0 Å². The highest BCUT2D eigenvalue weighted by Crippen LogP contribution is 2.34. The Hall–Kier alpha value is -11.5. The number of carboxylic acids is 2. The normalized spacial score (nSPS) is 11.0. The molecule has 17 heteroatoms. The predicted molar refractivity (Wildman–Crippen MR) is 340 cm³/mol. The minimum atomic E-state index is -0.951. The Morgan fingerprint density at radius 3 is 1.56 bits per heavy atom. The minimum Gasteiger partial charge on any atom is -0.478 e. The third-order valence-corrected chi connectivity index (χ3v) is 14.4. The van der Waals surface area contributed by atoms with Gasteiger partial charge in [0.05, 0.1) is 11.1 Å². The van der Waals surface area contributed by atoms with Crippen LogP contribution in [0.1, 0.15) is 103 Å². The van der Waals surface area contributed by atoms with Crippen LogP contribution in [0.3, 0.4) is 0 Å². The summed E-state index contributed by atoms with van der Waals surface area (Å²) in [6.45, 7) is 11.4. The van der Waals surface area contributed by atoms with E-state index < -0.39 is 23.8 Å². The van der Waals surface area contributed by atoms with Crippen molar-refractivity contribution in [1.29, 1.82) is 0 Å². The van der Waals surface area contributed by atoms with Crippen LogP contribution in [0.4, 0.5) is 5.69 Å². The second kappa shape index (κ2) is 26.6. The fraction of sp³-hybridized carbons (Fsp3) is 0.127. The molecule has 0 aliphatic heterocycles. The zero-order valence-electron chi connectivity index (χ0n) is 48.7. The molecule has 7 N–H and O–H groups in total. The molecule has 0 spiro atoms. The largest absolute Gasteiger partial charge is 0.478 e. The Morgan fingerprint density at radius 2 is 0.977 bits per heavy atom. The molecule has 440 valence electrons. The van der Waals surface area contributed by atoms with Crippen molar-refractivity contribution in [3.05, 3.63) is 245 Å². The van der Waals surface area contributed by atoms with Crippen molar-refractivity contribution in [2.24, 2.45) is 11.5 Å². The molecule has 17 nitrogen and oxygen atoms in total. The lowest BCUT2D eigenvalue weighted by molar-refractivity contribution is 0.0686. The van der Waals surface area contributed by atoms with Gasteiger partial charge in [0.15, 0.2) is 22.3 Å². The number of aromatic nitrogens is 4. The lowest BCUT2D eigenvalue weighted by Crippen LogP contribution is -2.10. The van der Waals surface area contributed by atoms with Gasteiger partial charge in [-0.3, -0.25) is 9.59 Å². The Morgan fingerprint density at radius 1 is 0.466 bits per heavy atom. The van der Waals surface area contributed by atoms with Crippen LogP contribution in [-0.2, 0) is 6.42 Å². The number of nitrogens with zero attached hydrogens (tertiary/aromatic N) is 4. The SMILES string of the molecule is CC(C)c1ccc2onc(-c3ccc(C(=O)O)cc3)c2c1.CC(C)c1ccc2onc(-c3cccc(C(=O)O)c3)c2c1.Cc1ccc2nc(-c3ccc(C(N)=O)cc3)oc2c1.NC(=O)c1cccc(-c2nc3ccc(NCCc4ccccc4)cc3o2)c1. The molecule has 2 amide bonds. The molecule has 0 fully saturated rings.